The molecule has 84 valence electrons. The van der Waals surface area contributed by atoms with Crippen LogP contribution in [0.3, 0.4) is 0 Å². The molecule has 1 N–H and O–H groups in total. The smallest absolute Gasteiger partial charge is 0.130 e. The molecular weight excluding hydrogens is 220 g/mol. The molecule has 2 rings (SSSR count). The van der Waals surface area contributed by atoms with E-state index in [1.807, 2.05) is 19.9 Å². The molecule has 0 aliphatic rings. The van der Waals surface area contributed by atoms with Crippen molar-refractivity contribution in [1.29, 1.82) is 0 Å². The third kappa shape index (κ3) is 2.55. The van der Waals surface area contributed by atoms with Crippen molar-refractivity contribution in [3.63, 3.8) is 0 Å². The first kappa shape index (κ1) is 11.0. The Morgan fingerprint density at radius 3 is 2.75 bits per heavy atom. The van der Waals surface area contributed by atoms with E-state index in [0.29, 0.717) is 0 Å². The van der Waals surface area contributed by atoms with Gasteiger partial charge in [0.05, 0.1) is 16.7 Å². The minimum Gasteiger partial charge on any atom is -0.362 e. The average Bonchev–Trinajstić information content (AvgIpc) is 2.65. The Morgan fingerprint density at radius 2 is 2.12 bits per heavy atom. The first-order chi connectivity index (χ1) is 7.65. The summed E-state index contributed by atoms with van der Waals surface area (Å²) in [5, 5.41) is 6.46. The van der Waals surface area contributed by atoms with Gasteiger partial charge >= 0.3 is 0 Å². The van der Waals surface area contributed by atoms with E-state index in [2.05, 4.69) is 32.6 Å². The second-order valence-electron chi connectivity index (χ2n) is 3.70. The zero-order chi connectivity index (χ0) is 11.5. The van der Waals surface area contributed by atoms with Crippen molar-refractivity contribution in [3.8, 4) is 0 Å². The van der Waals surface area contributed by atoms with Crippen LogP contribution in [0.1, 0.15) is 29.4 Å². The quantitative estimate of drug-likeness (QED) is 0.887. The molecule has 0 saturated carbocycles. The fraction of sp³-hybridized carbons (Fsp3) is 0.364. The number of hydrogen-bond acceptors (Lipinski definition) is 5. The van der Waals surface area contributed by atoms with Crippen molar-refractivity contribution in [2.75, 3.05) is 5.32 Å². The van der Waals surface area contributed by atoms with Gasteiger partial charge < -0.3 is 5.32 Å². The zero-order valence-electron chi connectivity index (χ0n) is 9.56. The van der Waals surface area contributed by atoms with Gasteiger partial charge in [-0.25, -0.2) is 15.0 Å². The monoisotopic (exact) mass is 234 g/mol. The fourth-order valence-electron chi connectivity index (χ4n) is 1.41. The van der Waals surface area contributed by atoms with Gasteiger partial charge in [0, 0.05) is 17.1 Å². The van der Waals surface area contributed by atoms with Gasteiger partial charge in [0.15, 0.2) is 0 Å². The standard InChI is InChI=1S/C11H14N4S/c1-7-4-11(13-6-12-7)14-8(2)10-5-16-9(3)15-10/h4-6,8H,1-3H3,(H,12,13,14). The molecule has 1 atom stereocenters. The summed E-state index contributed by atoms with van der Waals surface area (Å²) in [5.74, 6) is 0.839. The second-order valence-corrected chi connectivity index (χ2v) is 4.76. The predicted molar refractivity (Wildman–Crippen MR) is 65.7 cm³/mol. The van der Waals surface area contributed by atoms with E-state index in [9.17, 15) is 0 Å². The van der Waals surface area contributed by atoms with E-state index >= 15 is 0 Å². The van der Waals surface area contributed by atoms with Crippen LogP contribution in [0, 0.1) is 13.8 Å². The highest BCUT2D eigenvalue weighted by molar-refractivity contribution is 7.09. The number of aryl methyl sites for hydroxylation is 2. The predicted octanol–water partition coefficient (Wildman–Crippen LogP) is 2.72. The maximum absolute atomic E-state index is 4.44. The summed E-state index contributed by atoms with van der Waals surface area (Å²) in [5.41, 5.74) is 2.01. The van der Waals surface area contributed by atoms with Gasteiger partial charge in [0.25, 0.3) is 0 Å². The molecule has 16 heavy (non-hydrogen) atoms. The molecule has 4 nitrogen and oxygen atoms in total. The summed E-state index contributed by atoms with van der Waals surface area (Å²) in [4.78, 5) is 12.7. The van der Waals surface area contributed by atoms with Crippen LogP contribution < -0.4 is 5.32 Å². The topological polar surface area (TPSA) is 50.7 Å². The normalized spacial score (nSPS) is 12.4. The lowest BCUT2D eigenvalue weighted by Gasteiger charge is -2.11. The summed E-state index contributed by atoms with van der Waals surface area (Å²) in [6.45, 7) is 6.03. The van der Waals surface area contributed by atoms with E-state index in [0.717, 1.165) is 22.2 Å². The molecule has 2 aromatic rings. The maximum atomic E-state index is 4.44. The number of hydrogen-bond donors (Lipinski definition) is 1. The molecule has 0 aliphatic heterocycles. The lowest BCUT2D eigenvalue weighted by molar-refractivity contribution is 0.834. The summed E-state index contributed by atoms with van der Waals surface area (Å²) < 4.78 is 0. The molecule has 0 fully saturated rings. The highest BCUT2D eigenvalue weighted by Gasteiger charge is 2.09. The van der Waals surface area contributed by atoms with E-state index in [1.165, 1.54) is 0 Å². The highest BCUT2D eigenvalue weighted by atomic mass is 32.1. The maximum Gasteiger partial charge on any atom is 0.130 e. The first-order valence-corrected chi connectivity index (χ1v) is 6.00. The Bertz CT molecular complexity index is 480. The van der Waals surface area contributed by atoms with Crippen molar-refractivity contribution < 1.29 is 0 Å². The summed E-state index contributed by atoms with van der Waals surface area (Å²) in [7, 11) is 0. The lowest BCUT2D eigenvalue weighted by Crippen LogP contribution is -2.08. The molecule has 2 heterocycles. The second kappa shape index (κ2) is 4.57. The van der Waals surface area contributed by atoms with Gasteiger partial charge in [-0.15, -0.1) is 11.3 Å². The van der Waals surface area contributed by atoms with Gasteiger partial charge in [0.2, 0.25) is 0 Å². The third-order valence-corrected chi connectivity index (χ3v) is 3.04. The minimum absolute atomic E-state index is 0.166. The van der Waals surface area contributed by atoms with E-state index in [-0.39, 0.29) is 6.04 Å². The molecule has 2 aromatic heterocycles. The zero-order valence-corrected chi connectivity index (χ0v) is 10.4. The van der Waals surface area contributed by atoms with Crippen molar-refractivity contribution in [2.45, 2.75) is 26.8 Å². The van der Waals surface area contributed by atoms with Crippen LogP contribution in [0.2, 0.25) is 0 Å². The molecular formula is C11H14N4S. The number of rotatable bonds is 3. The largest absolute Gasteiger partial charge is 0.362 e. The van der Waals surface area contributed by atoms with Gasteiger partial charge in [-0.1, -0.05) is 0 Å². The van der Waals surface area contributed by atoms with E-state index in [1.54, 1.807) is 17.7 Å². The number of nitrogens with one attached hydrogen (secondary N) is 1. The van der Waals surface area contributed by atoms with Crippen LogP contribution in [-0.4, -0.2) is 15.0 Å². The summed E-state index contributed by atoms with van der Waals surface area (Å²) in [6.07, 6.45) is 1.57. The van der Waals surface area contributed by atoms with Crippen LogP contribution in [0.25, 0.3) is 0 Å². The van der Waals surface area contributed by atoms with Gasteiger partial charge in [-0.3, -0.25) is 0 Å². The Morgan fingerprint density at radius 1 is 1.31 bits per heavy atom. The van der Waals surface area contributed by atoms with Crippen LogP contribution >= 0.6 is 11.3 Å². The lowest BCUT2D eigenvalue weighted by atomic mass is 10.2. The average molecular weight is 234 g/mol. The Balaban J connectivity index is 2.10. The first-order valence-electron chi connectivity index (χ1n) is 5.12. The number of thiazole rings is 1. The third-order valence-electron chi connectivity index (χ3n) is 2.25. The van der Waals surface area contributed by atoms with Crippen molar-refractivity contribution in [2.24, 2.45) is 0 Å². The number of anilines is 1. The van der Waals surface area contributed by atoms with E-state index in [4.69, 9.17) is 0 Å². The van der Waals surface area contributed by atoms with Gasteiger partial charge in [-0.2, -0.15) is 0 Å². The Labute approximate surface area is 98.8 Å². The number of aromatic nitrogens is 3. The molecule has 0 amide bonds. The highest BCUT2D eigenvalue weighted by Crippen LogP contribution is 2.19. The molecule has 5 heteroatoms. The fourth-order valence-corrected chi connectivity index (χ4v) is 2.11. The Kier molecular flexibility index (Phi) is 3.14. The molecule has 0 aliphatic carbocycles. The van der Waals surface area contributed by atoms with Crippen LogP contribution in [0.4, 0.5) is 5.82 Å². The van der Waals surface area contributed by atoms with E-state index < -0.39 is 0 Å². The summed E-state index contributed by atoms with van der Waals surface area (Å²) in [6, 6.07) is 2.09. The molecule has 1 unspecified atom stereocenters. The summed E-state index contributed by atoms with van der Waals surface area (Å²) >= 11 is 1.66. The van der Waals surface area contributed by atoms with Gasteiger partial charge in [0.1, 0.15) is 12.1 Å². The van der Waals surface area contributed by atoms with Crippen LogP contribution in [0.5, 0.6) is 0 Å². The molecule has 0 radical (unpaired) electrons. The molecule has 0 spiro atoms. The molecule has 0 aromatic carbocycles. The SMILES string of the molecule is Cc1cc(NC(C)c2csc(C)n2)ncn1. The Hall–Kier alpha value is -1.49. The van der Waals surface area contributed by atoms with Crippen LogP contribution in [-0.2, 0) is 0 Å². The van der Waals surface area contributed by atoms with Crippen molar-refractivity contribution in [3.05, 3.63) is 34.2 Å². The van der Waals surface area contributed by atoms with Gasteiger partial charge in [-0.05, 0) is 20.8 Å². The van der Waals surface area contributed by atoms with Crippen molar-refractivity contribution >= 4 is 17.2 Å². The molecule has 0 bridgehead atoms. The van der Waals surface area contributed by atoms with Crippen molar-refractivity contribution in [1.82, 2.24) is 15.0 Å². The molecule has 0 saturated heterocycles. The minimum atomic E-state index is 0.166. The number of nitrogens with zero attached hydrogens (tertiary/aromatic N) is 3. The van der Waals surface area contributed by atoms with Crippen LogP contribution in [0.15, 0.2) is 17.8 Å².